The summed E-state index contributed by atoms with van der Waals surface area (Å²) in [4.78, 5) is 12.0. The van der Waals surface area contributed by atoms with Crippen LogP contribution in [0.4, 0.5) is 5.69 Å². The minimum Gasteiger partial charge on any atom is -0.388 e. The van der Waals surface area contributed by atoms with Crippen molar-refractivity contribution in [2.75, 3.05) is 11.1 Å². The Bertz CT molecular complexity index is 524. The molecule has 2 fully saturated rings. The summed E-state index contributed by atoms with van der Waals surface area (Å²) in [5.41, 5.74) is 0.760. The second kappa shape index (κ2) is 6.18. The summed E-state index contributed by atoms with van der Waals surface area (Å²) in [6.45, 7) is 1.47. The zero-order chi connectivity index (χ0) is 15.0. The molecule has 2 aliphatic rings. The highest BCUT2D eigenvalue weighted by molar-refractivity contribution is 8.17. The van der Waals surface area contributed by atoms with Crippen molar-refractivity contribution in [1.82, 2.24) is 0 Å². The molecule has 5 atom stereocenters. The first-order valence-corrected chi connectivity index (χ1v) is 8.65. The van der Waals surface area contributed by atoms with Crippen LogP contribution in [0.15, 0.2) is 29.2 Å². The van der Waals surface area contributed by atoms with Gasteiger partial charge in [0.2, 0.25) is 5.91 Å². The number of rotatable bonds is 3. The van der Waals surface area contributed by atoms with E-state index in [2.05, 4.69) is 5.32 Å². The minimum atomic E-state index is -0.818. The molecule has 21 heavy (non-hydrogen) atoms. The smallest absolute Gasteiger partial charge is 0.221 e. The van der Waals surface area contributed by atoms with Gasteiger partial charge in [-0.25, -0.2) is 0 Å². The molecule has 5 nitrogen and oxygen atoms in total. The molecule has 1 aromatic rings. The number of thioether (sulfide) groups is 2. The lowest BCUT2D eigenvalue weighted by atomic mass is 10.1. The van der Waals surface area contributed by atoms with Gasteiger partial charge in [-0.2, -0.15) is 0 Å². The highest BCUT2D eigenvalue weighted by Crippen LogP contribution is 2.44. The largest absolute Gasteiger partial charge is 0.388 e. The van der Waals surface area contributed by atoms with E-state index in [1.807, 2.05) is 24.3 Å². The van der Waals surface area contributed by atoms with E-state index in [-0.39, 0.29) is 22.7 Å². The van der Waals surface area contributed by atoms with Crippen LogP contribution in [-0.4, -0.2) is 50.9 Å². The van der Waals surface area contributed by atoms with Crippen molar-refractivity contribution in [3.63, 3.8) is 0 Å². The Kier molecular flexibility index (Phi) is 4.46. The summed E-state index contributed by atoms with van der Waals surface area (Å²) >= 11 is 3.32. The number of benzene rings is 1. The van der Waals surface area contributed by atoms with E-state index >= 15 is 0 Å². The predicted molar refractivity (Wildman–Crippen MR) is 83.5 cm³/mol. The van der Waals surface area contributed by atoms with Crippen LogP contribution in [0.25, 0.3) is 0 Å². The van der Waals surface area contributed by atoms with Gasteiger partial charge in [0.15, 0.2) is 0 Å². The van der Waals surface area contributed by atoms with Crippen molar-refractivity contribution < 1.29 is 19.7 Å². The normalized spacial score (nSPS) is 34.7. The number of aliphatic hydroxyl groups excluding tert-OH is 2. The Balaban J connectivity index is 1.65. The molecule has 7 heteroatoms. The van der Waals surface area contributed by atoms with Crippen LogP contribution >= 0.6 is 23.5 Å². The molecule has 114 valence electrons. The maximum Gasteiger partial charge on any atom is 0.221 e. The van der Waals surface area contributed by atoms with Gasteiger partial charge in [0.1, 0.15) is 18.3 Å². The fourth-order valence-electron chi connectivity index (χ4n) is 2.48. The SMILES string of the molecule is CC(=O)Nc1ccc(S[C@H]2SC[C@H]3O[C@@H]2[C@@H](O)[C@@H]3O)cc1. The Morgan fingerprint density at radius 2 is 2.05 bits per heavy atom. The summed E-state index contributed by atoms with van der Waals surface area (Å²) in [6.07, 6.45) is -2.20. The topological polar surface area (TPSA) is 78.8 Å². The van der Waals surface area contributed by atoms with Crippen molar-refractivity contribution in [3.8, 4) is 0 Å². The van der Waals surface area contributed by atoms with Crippen LogP contribution in [0.1, 0.15) is 6.92 Å². The summed E-state index contributed by atoms with van der Waals surface area (Å²) in [6, 6.07) is 7.56. The third-order valence-electron chi connectivity index (χ3n) is 3.52. The molecule has 2 bridgehead atoms. The zero-order valence-corrected chi connectivity index (χ0v) is 13.1. The molecule has 0 radical (unpaired) electrons. The molecule has 3 N–H and O–H groups in total. The average Bonchev–Trinajstić information content (AvgIpc) is 2.69. The van der Waals surface area contributed by atoms with E-state index in [0.717, 1.165) is 10.6 Å². The number of anilines is 1. The number of aliphatic hydroxyl groups is 2. The highest BCUT2D eigenvalue weighted by atomic mass is 32.2. The molecule has 0 saturated carbocycles. The maximum atomic E-state index is 11.0. The second-order valence-corrected chi connectivity index (χ2v) is 7.83. The Hall–Kier alpha value is -0.730. The van der Waals surface area contributed by atoms with Gasteiger partial charge in [0.25, 0.3) is 0 Å². The maximum absolute atomic E-state index is 11.0. The van der Waals surface area contributed by atoms with Crippen LogP contribution in [0.5, 0.6) is 0 Å². The van der Waals surface area contributed by atoms with Gasteiger partial charge in [-0.1, -0.05) is 0 Å². The number of hydrogen-bond donors (Lipinski definition) is 3. The first-order valence-electron chi connectivity index (χ1n) is 6.72. The van der Waals surface area contributed by atoms with Crippen molar-refractivity contribution in [1.29, 1.82) is 0 Å². The average molecular weight is 327 g/mol. The van der Waals surface area contributed by atoms with Crippen molar-refractivity contribution in [2.24, 2.45) is 0 Å². The monoisotopic (exact) mass is 327 g/mol. The first-order chi connectivity index (χ1) is 10.0. The van der Waals surface area contributed by atoms with Gasteiger partial charge in [-0.05, 0) is 24.3 Å². The second-order valence-electron chi connectivity index (χ2n) is 5.15. The number of fused-ring (bicyclic) bond motifs is 2. The molecule has 1 aromatic carbocycles. The molecular formula is C14H17NO4S2. The number of ether oxygens (including phenoxy) is 1. The zero-order valence-electron chi connectivity index (χ0n) is 11.4. The van der Waals surface area contributed by atoms with E-state index < -0.39 is 12.2 Å². The van der Waals surface area contributed by atoms with E-state index in [4.69, 9.17) is 4.74 Å². The van der Waals surface area contributed by atoms with Gasteiger partial charge in [0, 0.05) is 23.3 Å². The van der Waals surface area contributed by atoms with Crippen molar-refractivity contribution >= 4 is 35.1 Å². The molecule has 2 aliphatic heterocycles. The molecule has 1 amide bonds. The first kappa shape index (κ1) is 15.2. The third-order valence-corrected chi connectivity index (χ3v) is 6.38. The van der Waals surface area contributed by atoms with Crippen LogP contribution < -0.4 is 5.32 Å². The standard InChI is InChI=1S/C14H17NO4S2/c1-7(16)15-8-2-4-9(5-3-8)21-14-13-12(18)11(17)10(19-13)6-20-14/h2-5,10-14,17-18H,6H2,1H3,(H,15,16)/t10-,11-,12+,13-,14-/m1/s1. The summed E-state index contributed by atoms with van der Waals surface area (Å²) in [7, 11) is 0. The Morgan fingerprint density at radius 3 is 2.71 bits per heavy atom. The molecule has 0 aromatic heterocycles. The highest BCUT2D eigenvalue weighted by Gasteiger charge is 2.50. The van der Waals surface area contributed by atoms with Gasteiger partial charge in [-0.3, -0.25) is 4.79 Å². The number of carbonyl (C=O) groups is 1. The van der Waals surface area contributed by atoms with Crippen LogP contribution in [-0.2, 0) is 9.53 Å². The fraction of sp³-hybridized carbons (Fsp3) is 0.500. The van der Waals surface area contributed by atoms with E-state index in [1.165, 1.54) is 6.92 Å². The summed E-state index contributed by atoms with van der Waals surface area (Å²) in [5.74, 6) is 0.594. The van der Waals surface area contributed by atoms with Crippen LogP contribution in [0, 0.1) is 0 Å². The molecule has 3 rings (SSSR count). The van der Waals surface area contributed by atoms with Gasteiger partial charge >= 0.3 is 0 Å². The van der Waals surface area contributed by atoms with Gasteiger partial charge < -0.3 is 20.3 Å². The summed E-state index contributed by atoms with van der Waals surface area (Å²) < 4.78 is 5.74. The van der Waals surface area contributed by atoms with Crippen molar-refractivity contribution in [3.05, 3.63) is 24.3 Å². The minimum absolute atomic E-state index is 0.0556. The molecule has 0 spiro atoms. The Morgan fingerprint density at radius 1 is 1.33 bits per heavy atom. The third kappa shape index (κ3) is 3.22. The number of hydrogen-bond acceptors (Lipinski definition) is 6. The molecule has 0 aliphatic carbocycles. The van der Waals surface area contributed by atoms with Crippen LogP contribution in [0.2, 0.25) is 0 Å². The van der Waals surface area contributed by atoms with Gasteiger partial charge in [-0.15, -0.1) is 23.5 Å². The van der Waals surface area contributed by atoms with E-state index in [0.29, 0.717) is 5.75 Å². The molecule has 2 saturated heterocycles. The predicted octanol–water partition coefficient (Wildman–Crippen LogP) is 1.30. The fourth-order valence-corrected chi connectivity index (χ4v) is 5.31. The quantitative estimate of drug-likeness (QED) is 0.777. The molecule has 2 heterocycles. The summed E-state index contributed by atoms with van der Waals surface area (Å²) in [5, 5.41) is 22.6. The van der Waals surface area contributed by atoms with E-state index in [9.17, 15) is 15.0 Å². The number of carbonyl (C=O) groups excluding carboxylic acids is 1. The van der Waals surface area contributed by atoms with Crippen LogP contribution in [0.3, 0.4) is 0 Å². The lowest BCUT2D eigenvalue weighted by molar-refractivity contribution is -0.114. The van der Waals surface area contributed by atoms with Gasteiger partial charge in [0.05, 0.1) is 10.7 Å². The number of nitrogens with one attached hydrogen (secondary N) is 1. The molecular weight excluding hydrogens is 310 g/mol. The Labute approximate surface area is 131 Å². The lowest BCUT2D eigenvalue weighted by Crippen LogP contribution is -2.34. The number of amides is 1. The lowest BCUT2D eigenvalue weighted by Gasteiger charge is -2.28. The van der Waals surface area contributed by atoms with E-state index in [1.54, 1.807) is 23.5 Å². The molecule has 0 unspecified atom stereocenters. The van der Waals surface area contributed by atoms with Crippen molar-refractivity contribution in [2.45, 2.75) is 40.8 Å².